The normalized spacial score (nSPS) is 18.2. The molecule has 1 fully saturated rings. The number of methoxy groups -OCH3 is 1. The molecule has 21 heavy (non-hydrogen) atoms. The van der Waals surface area contributed by atoms with Gasteiger partial charge in [0, 0.05) is 13.2 Å². The van der Waals surface area contributed by atoms with Gasteiger partial charge < -0.3 is 19.1 Å². The number of cyclic esters (lactones) is 1. The molecule has 2 rings (SSSR count). The van der Waals surface area contributed by atoms with Crippen LogP contribution < -0.4 is 4.74 Å². The van der Waals surface area contributed by atoms with Gasteiger partial charge in [-0.25, -0.2) is 4.79 Å². The van der Waals surface area contributed by atoms with Gasteiger partial charge in [-0.05, 0) is 31.9 Å². The van der Waals surface area contributed by atoms with Gasteiger partial charge in [0.1, 0.15) is 12.4 Å². The molecule has 0 spiro atoms. The molecule has 0 aromatic heterocycles. The fourth-order valence-corrected chi connectivity index (χ4v) is 2.30. The quantitative estimate of drug-likeness (QED) is 0.775. The Morgan fingerprint density at radius 3 is 2.81 bits per heavy atom. The number of hydrogen-bond acceptors (Lipinski definition) is 4. The number of hydrogen-bond donors (Lipinski definition) is 0. The van der Waals surface area contributed by atoms with E-state index in [1.807, 2.05) is 38.1 Å². The Morgan fingerprint density at radius 2 is 2.14 bits per heavy atom. The molecule has 116 valence electrons. The topological polar surface area (TPSA) is 48.0 Å². The monoisotopic (exact) mass is 293 g/mol. The molecule has 5 nitrogen and oxygen atoms in total. The van der Waals surface area contributed by atoms with Crippen LogP contribution in [0.5, 0.6) is 5.75 Å². The lowest BCUT2D eigenvalue weighted by Crippen LogP contribution is -2.32. The third-order valence-corrected chi connectivity index (χ3v) is 3.50. The number of para-hydroxylation sites is 1. The minimum atomic E-state index is -0.258. The molecule has 1 atom stereocenters. The van der Waals surface area contributed by atoms with Crippen LogP contribution in [0.2, 0.25) is 0 Å². The van der Waals surface area contributed by atoms with E-state index in [9.17, 15) is 4.79 Å². The molecule has 0 aliphatic carbocycles. The Hall–Kier alpha value is -1.75. The van der Waals surface area contributed by atoms with Crippen LogP contribution in [0.15, 0.2) is 24.3 Å². The molecule has 1 saturated heterocycles. The number of carbonyl (C=O) groups excluding carboxylic acids is 1. The predicted molar refractivity (Wildman–Crippen MR) is 79.6 cm³/mol. The Bertz CT molecular complexity index is 475. The largest absolute Gasteiger partial charge is 0.489 e. The SMILES string of the molecule is COCCc1ccccc1OCC1CN(C(C)C)C(=O)O1. The maximum Gasteiger partial charge on any atom is 0.410 e. The first-order valence-corrected chi connectivity index (χ1v) is 7.28. The van der Waals surface area contributed by atoms with E-state index < -0.39 is 0 Å². The maximum atomic E-state index is 11.7. The molecular formula is C16H23NO4. The van der Waals surface area contributed by atoms with Gasteiger partial charge in [0.25, 0.3) is 0 Å². The number of nitrogens with zero attached hydrogens (tertiary/aromatic N) is 1. The zero-order chi connectivity index (χ0) is 15.2. The Balaban J connectivity index is 1.90. The summed E-state index contributed by atoms with van der Waals surface area (Å²) >= 11 is 0. The lowest BCUT2D eigenvalue weighted by molar-refractivity contribution is 0.101. The standard InChI is InChI=1S/C16H23NO4/c1-12(2)17-10-14(21-16(17)18)11-20-15-7-5-4-6-13(15)8-9-19-3/h4-7,12,14H,8-11H2,1-3H3. The molecule has 1 aromatic rings. The number of ether oxygens (including phenoxy) is 3. The van der Waals surface area contributed by atoms with Gasteiger partial charge in [-0.3, -0.25) is 0 Å². The van der Waals surface area contributed by atoms with Crippen molar-refractivity contribution in [2.24, 2.45) is 0 Å². The van der Waals surface area contributed by atoms with Gasteiger partial charge in [-0.2, -0.15) is 0 Å². The molecule has 1 unspecified atom stereocenters. The van der Waals surface area contributed by atoms with Crippen molar-refractivity contribution in [1.29, 1.82) is 0 Å². The van der Waals surface area contributed by atoms with Gasteiger partial charge in [-0.15, -0.1) is 0 Å². The van der Waals surface area contributed by atoms with Crippen LogP contribution in [0.1, 0.15) is 19.4 Å². The van der Waals surface area contributed by atoms with Crippen molar-refractivity contribution in [3.05, 3.63) is 29.8 Å². The van der Waals surface area contributed by atoms with E-state index in [4.69, 9.17) is 14.2 Å². The van der Waals surface area contributed by atoms with Crippen molar-refractivity contribution in [1.82, 2.24) is 4.90 Å². The lowest BCUT2D eigenvalue weighted by atomic mass is 10.1. The first-order valence-electron chi connectivity index (χ1n) is 7.28. The van der Waals surface area contributed by atoms with Gasteiger partial charge in [0.2, 0.25) is 0 Å². The van der Waals surface area contributed by atoms with E-state index in [0.717, 1.165) is 17.7 Å². The summed E-state index contributed by atoms with van der Waals surface area (Å²) in [7, 11) is 1.68. The van der Waals surface area contributed by atoms with Gasteiger partial charge in [-0.1, -0.05) is 18.2 Å². The fraction of sp³-hybridized carbons (Fsp3) is 0.562. The number of benzene rings is 1. The van der Waals surface area contributed by atoms with Crippen molar-refractivity contribution in [3.8, 4) is 5.75 Å². The Labute approximate surface area is 125 Å². The minimum absolute atomic E-state index is 0.150. The van der Waals surface area contributed by atoms with Crippen molar-refractivity contribution >= 4 is 6.09 Å². The van der Waals surface area contributed by atoms with E-state index in [1.165, 1.54) is 0 Å². The molecule has 5 heteroatoms. The highest BCUT2D eigenvalue weighted by molar-refractivity contribution is 5.70. The van der Waals surface area contributed by atoms with Crippen molar-refractivity contribution in [2.75, 3.05) is 26.9 Å². The van der Waals surface area contributed by atoms with Crippen LogP contribution in [0.25, 0.3) is 0 Å². The molecule has 0 saturated carbocycles. The molecule has 1 aliphatic heterocycles. The molecule has 0 N–H and O–H groups in total. The summed E-state index contributed by atoms with van der Waals surface area (Å²) in [4.78, 5) is 13.4. The van der Waals surface area contributed by atoms with E-state index in [0.29, 0.717) is 19.8 Å². The van der Waals surface area contributed by atoms with Crippen molar-refractivity contribution in [2.45, 2.75) is 32.4 Å². The van der Waals surface area contributed by atoms with E-state index >= 15 is 0 Å². The minimum Gasteiger partial charge on any atom is -0.489 e. The van der Waals surface area contributed by atoms with Gasteiger partial charge in [0.15, 0.2) is 6.10 Å². The first-order chi connectivity index (χ1) is 10.1. The fourth-order valence-electron chi connectivity index (χ4n) is 2.30. The summed E-state index contributed by atoms with van der Waals surface area (Å²) in [5.74, 6) is 0.827. The predicted octanol–water partition coefficient (Wildman–Crippen LogP) is 2.48. The van der Waals surface area contributed by atoms with Crippen LogP contribution in [0.4, 0.5) is 4.79 Å². The number of rotatable bonds is 7. The molecule has 1 aliphatic rings. The van der Waals surface area contributed by atoms with Gasteiger partial charge >= 0.3 is 6.09 Å². The highest BCUT2D eigenvalue weighted by Gasteiger charge is 2.33. The summed E-state index contributed by atoms with van der Waals surface area (Å²) in [6, 6.07) is 8.02. The van der Waals surface area contributed by atoms with Crippen LogP contribution in [0, 0.1) is 0 Å². The second kappa shape index (κ2) is 7.31. The third kappa shape index (κ3) is 4.11. The highest BCUT2D eigenvalue weighted by Crippen LogP contribution is 2.21. The maximum absolute atomic E-state index is 11.7. The van der Waals surface area contributed by atoms with Crippen molar-refractivity contribution in [3.63, 3.8) is 0 Å². The summed E-state index contributed by atoms with van der Waals surface area (Å²) in [6.07, 6.45) is 0.330. The molecule has 1 heterocycles. The van der Waals surface area contributed by atoms with Gasteiger partial charge in [0.05, 0.1) is 13.2 Å². The summed E-state index contributed by atoms with van der Waals surface area (Å²) in [6.45, 7) is 5.56. The molecule has 1 aromatic carbocycles. The second-order valence-electron chi connectivity index (χ2n) is 5.41. The molecule has 1 amide bonds. The third-order valence-electron chi connectivity index (χ3n) is 3.50. The van der Waals surface area contributed by atoms with E-state index in [2.05, 4.69) is 0 Å². The van der Waals surface area contributed by atoms with E-state index in [-0.39, 0.29) is 18.2 Å². The van der Waals surface area contributed by atoms with Crippen LogP contribution in [0.3, 0.4) is 0 Å². The second-order valence-corrected chi connectivity index (χ2v) is 5.41. The van der Waals surface area contributed by atoms with Crippen LogP contribution in [-0.4, -0.2) is 50.0 Å². The summed E-state index contributed by atoms with van der Waals surface area (Å²) in [5.41, 5.74) is 1.10. The van der Waals surface area contributed by atoms with Crippen LogP contribution >= 0.6 is 0 Å². The summed E-state index contributed by atoms with van der Waals surface area (Å²) < 4.78 is 16.3. The zero-order valence-electron chi connectivity index (χ0n) is 12.9. The average Bonchev–Trinajstić information content (AvgIpc) is 2.85. The Morgan fingerprint density at radius 1 is 1.38 bits per heavy atom. The zero-order valence-corrected chi connectivity index (χ0v) is 12.9. The van der Waals surface area contributed by atoms with Crippen LogP contribution in [-0.2, 0) is 15.9 Å². The Kier molecular flexibility index (Phi) is 5.44. The molecular weight excluding hydrogens is 270 g/mol. The average molecular weight is 293 g/mol. The van der Waals surface area contributed by atoms with Crippen molar-refractivity contribution < 1.29 is 19.0 Å². The smallest absolute Gasteiger partial charge is 0.410 e. The number of carbonyl (C=O) groups is 1. The number of amides is 1. The summed E-state index contributed by atoms with van der Waals surface area (Å²) in [5, 5.41) is 0. The molecule has 0 bridgehead atoms. The highest BCUT2D eigenvalue weighted by atomic mass is 16.6. The first kappa shape index (κ1) is 15.6. The lowest BCUT2D eigenvalue weighted by Gasteiger charge is -2.17. The molecule has 0 radical (unpaired) electrons. The van der Waals surface area contributed by atoms with E-state index in [1.54, 1.807) is 12.0 Å².